The van der Waals surface area contributed by atoms with E-state index in [0.29, 0.717) is 31.2 Å². The third-order valence-corrected chi connectivity index (χ3v) is 6.39. The lowest BCUT2D eigenvalue weighted by Crippen LogP contribution is -2.51. The summed E-state index contributed by atoms with van der Waals surface area (Å²) in [6.45, 7) is 0.533. The lowest BCUT2D eigenvalue weighted by molar-refractivity contribution is -0.142. The molecule has 0 radical (unpaired) electrons. The highest BCUT2D eigenvalue weighted by atomic mass is 19.1. The zero-order valence-electron chi connectivity index (χ0n) is 16.6. The van der Waals surface area contributed by atoms with Gasteiger partial charge in [-0.1, -0.05) is 0 Å². The Labute approximate surface area is 176 Å². The maximum atomic E-state index is 13.7. The Morgan fingerprint density at radius 3 is 2.42 bits per heavy atom. The Morgan fingerprint density at radius 1 is 1.03 bits per heavy atom. The highest BCUT2D eigenvalue weighted by Crippen LogP contribution is 2.47. The van der Waals surface area contributed by atoms with Crippen molar-refractivity contribution in [2.24, 2.45) is 0 Å². The number of piperidine rings is 1. The van der Waals surface area contributed by atoms with E-state index in [1.165, 1.54) is 29.3 Å². The molecule has 3 fully saturated rings. The van der Waals surface area contributed by atoms with Crippen LogP contribution >= 0.6 is 0 Å². The number of likely N-dealkylation sites (tertiary alicyclic amines) is 1. The van der Waals surface area contributed by atoms with Crippen LogP contribution in [0, 0.1) is 17.5 Å². The van der Waals surface area contributed by atoms with E-state index in [4.69, 9.17) is 4.74 Å². The van der Waals surface area contributed by atoms with E-state index in [1.807, 2.05) is 0 Å². The molecule has 0 aliphatic carbocycles. The van der Waals surface area contributed by atoms with Gasteiger partial charge in [-0.2, -0.15) is 0 Å². The molecule has 1 spiro atoms. The van der Waals surface area contributed by atoms with Gasteiger partial charge in [-0.15, -0.1) is 0 Å². The molecule has 4 heterocycles. The first-order chi connectivity index (χ1) is 14.9. The lowest BCUT2D eigenvalue weighted by atomic mass is 9.89. The summed E-state index contributed by atoms with van der Waals surface area (Å²) in [7, 11) is 0. The number of carbonyl (C=O) groups excluding carboxylic acids is 2. The topological polar surface area (TPSA) is 62.7 Å². The summed E-state index contributed by atoms with van der Waals surface area (Å²) in [4.78, 5) is 33.0. The number of rotatable bonds is 2. The highest BCUT2D eigenvalue weighted by Gasteiger charge is 2.58. The number of halogens is 3. The van der Waals surface area contributed by atoms with Gasteiger partial charge in [0.25, 0.3) is 11.8 Å². The number of hydrogen-bond acceptors (Lipinski definition) is 4. The van der Waals surface area contributed by atoms with Gasteiger partial charge in [-0.3, -0.25) is 14.6 Å². The second kappa shape index (κ2) is 7.33. The molecule has 0 N–H and O–H groups in total. The van der Waals surface area contributed by atoms with Crippen molar-refractivity contribution in [3.05, 3.63) is 65.2 Å². The Bertz CT molecular complexity index is 1040. The molecule has 5 rings (SSSR count). The van der Waals surface area contributed by atoms with Crippen LogP contribution in [0.4, 0.5) is 13.2 Å². The van der Waals surface area contributed by atoms with Gasteiger partial charge in [-0.05, 0) is 36.6 Å². The zero-order valence-corrected chi connectivity index (χ0v) is 16.6. The summed E-state index contributed by atoms with van der Waals surface area (Å²) in [6, 6.07) is 5.12. The van der Waals surface area contributed by atoms with Gasteiger partial charge < -0.3 is 14.5 Å². The third-order valence-electron chi connectivity index (χ3n) is 6.39. The van der Waals surface area contributed by atoms with Gasteiger partial charge in [0.2, 0.25) is 0 Å². The van der Waals surface area contributed by atoms with Crippen molar-refractivity contribution in [3.8, 4) is 0 Å². The van der Waals surface area contributed by atoms with Gasteiger partial charge >= 0.3 is 0 Å². The largest absolute Gasteiger partial charge is 0.342 e. The molecule has 3 aliphatic heterocycles. The number of nitrogens with zero attached hydrogens (tertiary/aromatic N) is 3. The predicted octanol–water partition coefficient (Wildman–Crippen LogP) is 3.19. The number of fused-ring (bicyclic) bond motifs is 1. The average molecular weight is 431 g/mol. The van der Waals surface area contributed by atoms with Crippen molar-refractivity contribution in [3.63, 3.8) is 0 Å². The van der Waals surface area contributed by atoms with Crippen LogP contribution in [0.5, 0.6) is 0 Å². The van der Waals surface area contributed by atoms with Gasteiger partial charge in [0.05, 0.1) is 6.04 Å². The first-order valence-corrected chi connectivity index (χ1v) is 10.2. The van der Waals surface area contributed by atoms with Gasteiger partial charge in [-0.25, -0.2) is 13.2 Å². The molecule has 9 heteroatoms. The molecule has 31 heavy (non-hydrogen) atoms. The van der Waals surface area contributed by atoms with Crippen molar-refractivity contribution >= 4 is 11.8 Å². The van der Waals surface area contributed by atoms with E-state index >= 15 is 0 Å². The second-order valence-electron chi connectivity index (χ2n) is 8.23. The minimum absolute atomic E-state index is 0.0171. The van der Waals surface area contributed by atoms with Crippen molar-refractivity contribution in [2.75, 3.05) is 13.1 Å². The van der Waals surface area contributed by atoms with Gasteiger partial charge in [0.15, 0.2) is 5.60 Å². The minimum Gasteiger partial charge on any atom is -0.342 e. The maximum absolute atomic E-state index is 13.7. The van der Waals surface area contributed by atoms with Crippen molar-refractivity contribution in [1.82, 2.24) is 14.8 Å². The Morgan fingerprint density at radius 2 is 1.74 bits per heavy atom. The zero-order chi connectivity index (χ0) is 21.8. The fraction of sp³-hybridized carbons (Fsp3) is 0.409. The fourth-order valence-corrected chi connectivity index (χ4v) is 4.89. The predicted molar refractivity (Wildman–Crippen MR) is 102 cm³/mol. The second-order valence-corrected chi connectivity index (χ2v) is 8.23. The van der Waals surface area contributed by atoms with E-state index in [-0.39, 0.29) is 24.7 Å². The SMILES string of the molecule is O=C(c1cc(F)ccn1)N1CCC2(CC1)OC1CCC(c3cc(F)cc(F)c3)N1C2=O. The molecule has 2 amide bonds. The molecular formula is C22H20F3N3O3. The summed E-state index contributed by atoms with van der Waals surface area (Å²) in [5, 5.41) is 0. The number of hydrogen-bond donors (Lipinski definition) is 0. The van der Waals surface area contributed by atoms with Crippen molar-refractivity contribution in [2.45, 2.75) is 43.6 Å². The van der Waals surface area contributed by atoms with E-state index in [9.17, 15) is 22.8 Å². The number of pyridine rings is 1. The maximum Gasteiger partial charge on any atom is 0.272 e. The summed E-state index contributed by atoms with van der Waals surface area (Å²) in [5.74, 6) is -2.51. The standard InChI is InChI=1S/C22H20F3N3O3/c23-14-3-6-26-17(12-14)20(29)27-7-4-22(5-8-27)21(30)28-18(1-2-19(28)31-22)13-9-15(24)11-16(25)10-13/h3,6,9-12,18-19H,1-2,4-5,7-8H2. The van der Waals surface area contributed by atoms with E-state index in [0.717, 1.165) is 12.1 Å². The van der Waals surface area contributed by atoms with E-state index in [2.05, 4.69) is 4.98 Å². The Kier molecular flexibility index (Phi) is 4.73. The van der Waals surface area contributed by atoms with E-state index in [1.54, 1.807) is 4.90 Å². The van der Waals surface area contributed by atoms with Crippen molar-refractivity contribution < 1.29 is 27.5 Å². The molecule has 3 saturated heterocycles. The van der Waals surface area contributed by atoms with Crippen LogP contribution in [-0.4, -0.2) is 51.5 Å². The fourth-order valence-electron chi connectivity index (χ4n) is 4.89. The summed E-state index contributed by atoms with van der Waals surface area (Å²) >= 11 is 0. The molecular weight excluding hydrogens is 411 g/mol. The number of ether oxygens (including phenoxy) is 1. The molecule has 3 aliphatic rings. The van der Waals surface area contributed by atoms with Crippen LogP contribution in [0.15, 0.2) is 36.5 Å². The smallest absolute Gasteiger partial charge is 0.272 e. The molecule has 6 nitrogen and oxygen atoms in total. The normalized spacial score (nSPS) is 24.7. The van der Waals surface area contributed by atoms with Crippen LogP contribution in [0.25, 0.3) is 0 Å². The number of carbonyl (C=O) groups is 2. The van der Waals surface area contributed by atoms with Crippen LogP contribution in [0.3, 0.4) is 0 Å². The average Bonchev–Trinajstić information content (AvgIpc) is 3.26. The summed E-state index contributed by atoms with van der Waals surface area (Å²) < 4.78 is 47.0. The Balaban J connectivity index is 1.32. The van der Waals surface area contributed by atoms with Crippen LogP contribution in [-0.2, 0) is 9.53 Å². The quantitative estimate of drug-likeness (QED) is 0.733. The van der Waals surface area contributed by atoms with Crippen LogP contribution in [0.2, 0.25) is 0 Å². The van der Waals surface area contributed by atoms with Crippen LogP contribution in [0.1, 0.15) is 47.8 Å². The monoisotopic (exact) mass is 431 g/mol. The summed E-state index contributed by atoms with van der Waals surface area (Å²) in [6.07, 6.45) is 2.52. The molecule has 2 aromatic rings. The molecule has 1 aromatic heterocycles. The summed E-state index contributed by atoms with van der Waals surface area (Å²) in [5.41, 5.74) is -0.622. The van der Waals surface area contributed by atoms with Crippen LogP contribution < -0.4 is 0 Å². The molecule has 2 atom stereocenters. The van der Waals surface area contributed by atoms with Gasteiger partial charge in [0.1, 0.15) is 29.4 Å². The minimum atomic E-state index is -1.05. The number of benzene rings is 1. The molecule has 0 bridgehead atoms. The molecule has 2 unspecified atom stereocenters. The number of amides is 2. The van der Waals surface area contributed by atoms with Gasteiger partial charge in [0, 0.05) is 44.3 Å². The highest BCUT2D eigenvalue weighted by molar-refractivity contribution is 5.93. The van der Waals surface area contributed by atoms with Crippen molar-refractivity contribution in [1.29, 1.82) is 0 Å². The Hall–Kier alpha value is -2.94. The first kappa shape index (κ1) is 20.0. The van der Waals surface area contributed by atoms with E-state index < -0.39 is 41.2 Å². The number of aromatic nitrogens is 1. The lowest BCUT2D eigenvalue weighted by Gasteiger charge is -2.37. The first-order valence-electron chi connectivity index (χ1n) is 10.2. The molecule has 0 saturated carbocycles. The third kappa shape index (κ3) is 3.37. The molecule has 162 valence electrons. The molecule has 1 aromatic carbocycles.